The van der Waals surface area contributed by atoms with E-state index < -0.39 is 0 Å². The van der Waals surface area contributed by atoms with Crippen LogP contribution in [0.15, 0.2) is 41.2 Å². The first-order chi connectivity index (χ1) is 14.7. The molecule has 3 rings (SSSR count). The lowest BCUT2D eigenvalue weighted by molar-refractivity contribution is -0.169. The SMILES string of the molecule is COCCCC(=O)c1[nH]c(COC2CCCCO2)cc(=O)c1OCc1ccccc1. The molecule has 162 valence electrons. The Morgan fingerprint density at radius 2 is 2.03 bits per heavy atom. The van der Waals surface area contributed by atoms with Gasteiger partial charge in [0.25, 0.3) is 0 Å². The molecule has 0 saturated carbocycles. The van der Waals surface area contributed by atoms with Crippen LogP contribution in [-0.2, 0) is 27.4 Å². The van der Waals surface area contributed by atoms with Crippen LogP contribution >= 0.6 is 0 Å². The first-order valence-corrected chi connectivity index (χ1v) is 10.4. The van der Waals surface area contributed by atoms with Crippen molar-refractivity contribution in [1.29, 1.82) is 0 Å². The fourth-order valence-corrected chi connectivity index (χ4v) is 3.27. The molecule has 7 heteroatoms. The quantitative estimate of drug-likeness (QED) is 0.446. The molecule has 1 aliphatic heterocycles. The van der Waals surface area contributed by atoms with E-state index in [1.54, 1.807) is 7.11 Å². The smallest absolute Gasteiger partial charge is 0.224 e. The van der Waals surface area contributed by atoms with Crippen molar-refractivity contribution >= 4 is 5.78 Å². The summed E-state index contributed by atoms with van der Waals surface area (Å²) in [7, 11) is 1.59. The number of carbonyl (C=O) groups is 1. The van der Waals surface area contributed by atoms with E-state index in [0.29, 0.717) is 25.3 Å². The van der Waals surface area contributed by atoms with E-state index in [1.807, 2.05) is 30.3 Å². The van der Waals surface area contributed by atoms with Gasteiger partial charge in [-0.15, -0.1) is 0 Å². The van der Waals surface area contributed by atoms with Gasteiger partial charge in [0.1, 0.15) is 12.3 Å². The number of rotatable bonds is 11. The molecular weight excluding hydrogens is 386 g/mol. The second kappa shape index (κ2) is 11.6. The Hall–Kier alpha value is -2.48. The van der Waals surface area contributed by atoms with Crippen LogP contribution in [0.5, 0.6) is 5.75 Å². The molecule has 1 aromatic carbocycles. The molecule has 1 atom stereocenters. The number of aromatic nitrogens is 1. The van der Waals surface area contributed by atoms with E-state index in [9.17, 15) is 9.59 Å². The Morgan fingerprint density at radius 3 is 2.77 bits per heavy atom. The Morgan fingerprint density at radius 1 is 1.20 bits per heavy atom. The summed E-state index contributed by atoms with van der Waals surface area (Å²) in [6.45, 7) is 1.51. The monoisotopic (exact) mass is 415 g/mol. The van der Waals surface area contributed by atoms with E-state index in [4.69, 9.17) is 18.9 Å². The van der Waals surface area contributed by atoms with Gasteiger partial charge in [0.2, 0.25) is 5.43 Å². The Labute approximate surface area is 176 Å². The number of nitrogens with one attached hydrogen (secondary N) is 1. The number of aromatic amines is 1. The molecule has 1 unspecified atom stereocenters. The topological polar surface area (TPSA) is 86.9 Å². The molecule has 0 spiro atoms. The maximum absolute atomic E-state index is 12.8. The van der Waals surface area contributed by atoms with Crippen LogP contribution in [0.2, 0.25) is 0 Å². The minimum absolute atomic E-state index is 0.0407. The fraction of sp³-hybridized carbons (Fsp3) is 0.478. The molecule has 1 fully saturated rings. The third kappa shape index (κ3) is 6.52. The summed E-state index contributed by atoms with van der Waals surface area (Å²) in [5.41, 5.74) is 1.27. The lowest BCUT2D eigenvalue weighted by Gasteiger charge is -2.22. The molecule has 0 bridgehead atoms. The summed E-state index contributed by atoms with van der Waals surface area (Å²) in [5.74, 6) is -0.151. The zero-order valence-corrected chi connectivity index (χ0v) is 17.4. The molecule has 1 aromatic heterocycles. The van der Waals surface area contributed by atoms with E-state index in [2.05, 4.69) is 4.98 Å². The number of pyridine rings is 1. The highest BCUT2D eigenvalue weighted by molar-refractivity contribution is 5.96. The van der Waals surface area contributed by atoms with E-state index in [1.165, 1.54) is 6.07 Å². The van der Waals surface area contributed by atoms with Gasteiger partial charge in [-0.2, -0.15) is 0 Å². The van der Waals surface area contributed by atoms with Crippen molar-refractivity contribution in [2.75, 3.05) is 20.3 Å². The molecule has 2 heterocycles. The molecule has 0 amide bonds. The third-order valence-electron chi connectivity index (χ3n) is 4.86. The van der Waals surface area contributed by atoms with Gasteiger partial charge in [0.05, 0.1) is 6.61 Å². The molecule has 0 aliphatic carbocycles. The lowest BCUT2D eigenvalue weighted by atomic mass is 10.1. The molecule has 30 heavy (non-hydrogen) atoms. The highest BCUT2D eigenvalue weighted by Crippen LogP contribution is 2.19. The number of ether oxygens (including phenoxy) is 4. The summed E-state index contributed by atoms with van der Waals surface area (Å²) in [6, 6.07) is 10.9. The number of ketones is 1. The Balaban J connectivity index is 1.76. The van der Waals surface area contributed by atoms with Gasteiger partial charge in [-0.25, -0.2) is 0 Å². The van der Waals surface area contributed by atoms with Crippen LogP contribution in [0, 0.1) is 0 Å². The van der Waals surface area contributed by atoms with Gasteiger partial charge < -0.3 is 23.9 Å². The summed E-state index contributed by atoms with van der Waals surface area (Å²) >= 11 is 0. The van der Waals surface area contributed by atoms with Crippen LogP contribution in [0.25, 0.3) is 0 Å². The average molecular weight is 415 g/mol. The van der Waals surface area contributed by atoms with Crippen LogP contribution in [-0.4, -0.2) is 37.4 Å². The first-order valence-electron chi connectivity index (χ1n) is 10.4. The molecular formula is C23H29NO6. The van der Waals surface area contributed by atoms with Crippen molar-refractivity contribution in [2.24, 2.45) is 0 Å². The average Bonchev–Trinajstić information content (AvgIpc) is 2.78. The lowest BCUT2D eigenvalue weighted by Crippen LogP contribution is -2.23. The zero-order valence-electron chi connectivity index (χ0n) is 17.4. The van der Waals surface area contributed by atoms with Crippen molar-refractivity contribution < 1.29 is 23.7 Å². The van der Waals surface area contributed by atoms with Gasteiger partial charge in [0, 0.05) is 38.5 Å². The highest BCUT2D eigenvalue weighted by Gasteiger charge is 2.20. The van der Waals surface area contributed by atoms with E-state index in [0.717, 1.165) is 24.8 Å². The van der Waals surface area contributed by atoms with Crippen LogP contribution in [0.3, 0.4) is 0 Å². The van der Waals surface area contributed by atoms with Gasteiger partial charge in [-0.1, -0.05) is 30.3 Å². The van der Waals surface area contributed by atoms with Crippen molar-refractivity contribution in [3.63, 3.8) is 0 Å². The minimum atomic E-state index is -0.345. The number of Topliss-reactive ketones (excluding diaryl/α,β-unsaturated/α-hetero) is 1. The highest BCUT2D eigenvalue weighted by atomic mass is 16.7. The van der Waals surface area contributed by atoms with Crippen LogP contribution < -0.4 is 10.2 Å². The predicted octanol–water partition coefficient (Wildman–Crippen LogP) is 3.61. The first kappa shape index (κ1) is 22.2. The standard InChI is InChI=1S/C23H29NO6/c1-27-12-7-10-19(25)22-23(30-15-17-8-3-2-4-9-17)20(26)14-18(24-22)16-29-21-11-5-6-13-28-21/h2-4,8-9,14,21H,5-7,10-13,15-16H2,1H3,(H,24,26). The Kier molecular flexibility index (Phi) is 8.62. The largest absolute Gasteiger partial charge is 0.483 e. The van der Waals surface area contributed by atoms with Gasteiger partial charge in [0.15, 0.2) is 17.8 Å². The van der Waals surface area contributed by atoms with Gasteiger partial charge in [-0.05, 0) is 31.2 Å². The maximum atomic E-state index is 12.8. The molecule has 7 nitrogen and oxygen atoms in total. The fourth-order valence-electron chi connectivity index (χ4n) is 3.27. The number of benzene rings is 1. The summed E-state index contributed by atoms with van der Waals surface area (Å²) in [5, 5.41) is 0. The number of methoxy groups -OCH3 is 1. The molecule has 0 radical (unpaired) electrons. The zero-order chi connectivity index (χ0) is 21.2. The van der Waals surface area contributed by atoms with Crippen molar-refractivity contribution in [2.45, 2.75) is 51.6 Å². The summed E-state index contributed by atoms with van der Waals surface area (Å²) in [4.78, 5) is 28.6. The summed E-state index contributed by atoms with van der Waals surface area (Å²) < 4.78 is 22.1. The van der Waals surface area contributed by atoms with Crippen molar-refractivity contribution in [3.8, 4) is 5.75 Å². The number of hydrogen-bond donors (Lipinski definition) is 1. The third-order valence-corrected chi connectivity index (χ3v) is 4.86. The number of carbonyl (C=O) groups excluding carboxylic acids is 1. The van der Waals surface area contributed by atoms with Crippen molar-refractivity contribution in [3.05, 3.63) is 63.6 Å². The number of hydrogen-bond acceptors (Lipinski definition) is 6. The summed E-state index contributed by atoms with van der Waals surface area (Å²) in [6.07, 6.45) is 3.44. The molecule has 1 N–H and O–H groups in total. The second-order valence-corrected chi connectivity index (χ2v) is 7.26. The molecule has 1 saturated heterocycles. The minimum Gasteiger partial charge on any atom is -0.483 e. The maximum Gasteiger partial charge on any atom is 0.224 e. The van der Waals surface area contributed by atoms with Crippen LogP contribution in [0.4, 0.5) is 0 Å². The normalized spacial score (nSPS) is 16.4. The van der Waals surface area contributed by atoms with Crippen LogP contribution in [0.1, 0.15) is 53.8 Å². The van der Waals surface area contributed by atoms with E-state index >= 15 is 0 Å². The Bertz CT molecular complexity index is 858. The number of H-pyrrole nitrogens is 1. The molecule has 1 aliphatic rings. The van der Waals surface area contributed by atoms with Gasteiger partial charge in [-0.3, -0.25) is 9.59 Å². The van der Waals surface area contributed by atoms with Crippen molar-refractivity contribution in [1.82, 2.24) is 4.98 Å². The van der Waals surface area contributed by atoms with Gasteiger partial charge >= 0.3 is 0 Å². The van der Waals surface area contributed by atoms with E-state index in [-0.39, 0.29) is 48.6 Å². The second-order valence-electron chi connectivity index (χ2n) is 7.26. The predicted molar refractivity (Wildman–Crippen MR) is 112 cm³/mol. The molecule has 2 aromatic rings.